The van der Waals surface area contributed by atoms with E-state index in [0.717, 1.165) is 11.4 Å². The third kappa shape index (κ3) is 1.83. The summed E-state index contributed by atoms with van der Waals surface area (Å²) >= 11 is 12.1. The molecule has 0 N–H and O–H groups in total. The van der Waals surface area contributed by atoms with Gasteiger partial charge in [0.15, 0.2) is 0 Å². The first-order chi connectivity index (χ1) is 7.74. The molecule has 0 amide bonds. The molecule has 82 valence electrons. The smallest absolute Gasteiger partial charge is 0.133 e. The van der Waals surface area contributed by atoms with E-state index in [4.69, 9.17) is 23.2 Å². The van der Waals surface area contributed by atoms with E-state index in [9.17, 15) is 0 Å². The summed E-state index contributed by atoms with van der Waals surface area (Å²) in [6.45, 7) is 0. The van der Waals surface area contributed by atoms with E-state index in [1.807, 2.05) is 30.3 Å². The molecule has 1 aromatic carbocycles. The summed E-state index contributed by atoms with van der Waals surface area (Å²) in [6, 6.07) is 9.48. The Balaban J connectivity index is 2.04. The van der Waals surface area contributed by atoms with E-state index in [0.29, 0.717) is 16.1 Å². The third-order valence-electron chi connectivity index (χ3n) is 2.73. The van der Waals surface area contributed by atoms with Gasteiger partial charge in [0.25, 0.3) is 0 Å². The van der Waals surface area contributed by atoms with Crippen LogP contribution in [0.5, 0.6) is 0 Å². The number of hydrogen-bond acceptors (Lipinski definition) is 1. The first-order valence-electron chi connectivity index (χ1n) is 5.25. The second kappa shape index (κ2) is 3.79. The second-order valence-corrected chi connectivity index (χ2v) is 4.88. The molecule has 16 heavy (non-hydrogen) atoms. The predicted octanol–water partition coefficient (Wildman–Crippen LogP) is 4.06. The zero-order valence-corrected chi connectivity index (χ0v) is 10.0. The maximum Gasteiger partial charge on any atom is 0.133 e. The Morgan fingerprint density at radius 3 is 2.69 bits per heavy atom. The Kier molecular flexibility index (Phi) is 2.41. The summed E-state index contributed by atoms with van der Waals surface area (Å²) in [6.07, 6.45) is 2.45. The molecule has 0 saturated heterocycles. The maximum absolute atomic E-state index is 6.16. The molecule has 0 radical (unpaired) electrons. The van der Waals surface area contributed by atoms with E-state index in [1.54, 1.807) is 4.68 Å². The highest BCUT2D eigenvalue weighted by Crippen LogP contribution is 2.40. The first-order valence-corrected chi connectivity index (χ1v) is 6.01. The highest BCUT2D eigenvalue weighted by atomic mass is 35.5. The molecular weight excluding hydrogens is 243 g/mol. The van der Waals surface area contributed by atoms with E-state index >= 15 is 0 Å². The van der Waals surface area contributed by atoms with Crippen molar-refractivity contribution in [2.45, 2.75) is 18.8 Å². The fraction of sp³-hybridized carbons (Fsp3) is 0.250. The standard InChI is InChI=1S/C12H10Cl2N2/c13-9-2-1-3-10(6-9)16-12(14)7-11(15-16)8-4-5-8/h1-3,6-8H,4-5H2. The Hall–Kier alpha value is -0.990. The van der Waals surface area contributed by atoms with Crippen molar-refractivity contribution >= 4 is 23.2 Å². The van der Waals surface area contributed by atoms with Crippen LogP contribution in [0, 0.1) is 0 Å². The van der Waals surface area contributed by atoms with Gasteiger partial charge in [-0.3, -0.25) is 0 Å². The molecule has 2 aromatic rings. The molecule has 1 saturated carbocycles. The van der Waals surface area contributed by atoms with Gasteiger partial charge >= 0.3 is 0 Å². The van der Waals surface area contributed by atoms with Crippen LogP contribution >= 0.6 is 23.2 Å². The fourth-order valence-corrected chi connectivity index (χ4v) is 2.17. The monoisotopic (exact) mass is 252 g/mol. The van der Waals surface area contributed by atoms with Crippen molar-refractivity contribution < 1.29 is 0 Å². The lowest BCUT2D eigenvalue weighted by molar-refractivity contribution is 0.838. The van der Waals surface area contributed by atoms with Gasteiger partial charge in [-0.2, -0.15) is 5.10 Å². The molecule has 4 heteroatoms. The zero-order valence-electron chi connectivity index (χ0n) is 8.53. The molecule has 0 bridgehead atoms. The van der Waals surface area contributed by atoms with Crippen molar-refractivity contribution in [2.75, 3.05) is 0 Å². The molecule has 1 fully saturated rings. The Morgan fingerprint density at radius 2 is 2.00 bits per heavy atom. The van der Waals surface area contributed by atoms with E-state index in [-0.39, 0.29) is 0 Å². The molecule has 1 aliphatic carbocycles. The molecular formula is C12H10Cl2N2. The van der Waals surface area contributed by atoms with Crippen LogP contribution in [0.25, 0.3) is 5.69 Å². The van der Waals surface area contributed by atoms with Crippen LogP contribution in [0.1, 0.15) is 24.5 Å². The van der Waals surface area contributed by atoms with Crippen molar-refractivity contribution in [2.24, 2.45) is 0 Å². The van der Waals surface area contributed by atoms with Crippen LogP contribution in [0.15, 0.2) is 30.3 Å². The minimum atomic E-state index is 0.609. The number of benzene rings is 1. The van der Waals surface area contributed by atoms with E-state index in [1.165, 1.54) is 12.8 Å². The van der Waals surface area contributed by atoms with E-state index in [2.05, 4.69) is 5.10 Å². The van der Waals surface area contributed by atoms with Crippen molar-refractivity contribution in [1.82, 2.24) is 9.78 Å². The maximum atomic E-state index is 6.16. The highest BCUT2D eigenvalue weighted by molar-refractivity contribution is 6.31. The number of aromatic nitrogens is 2. The Labute approximate surface area is 104 Å². The summed E-state index contributed by atoms with van der Waals surface area (Å²) in [5, 5.41) is 5.84. The second-order valence-electron chi connectivity index (χ2n) is 4.06. The lowest BCUT2D eigenvalue weighted by Crippen LogP contribution is -1.96. The zero-order chi connectivity index (χ0) is 11.1. The fourth-order valence-electron chi connectivity index (χ4n) is 1.74. The van der Waals surface area contributed by atoms with Crippen LogP contribution in [0.2, 0.25) is 10.2 Å². The van der Waals surface area contributed by atoms with Gasteiger partial charge in [0.2, 0.25) is 0 Å². The van der Waals surface area contributed by atoms with Crippen LogP contribution in [0.3, 0.4) is 0 Å². The summed E-state index contributed by atoms with van der Waals surface area (Å²) in [7, 11) is 0. The van der Waals surface area contributed by atoms with Crippen molar-refractivity contribution in [1.29, 1.82) is 0 Å². The van der Waals surface area contributed by atoms with Gasteiger partial charge in [-0.1, -0.05) is 29.3 Å². The van der Waals surface area contributed by atoms with Crippen LogP contribution in [-0.4, -0.2) is 9.78 Å². The average Bonchev–Trinajstić information content (AvgIpc) is 3.02. The summed E-state index contributed by atoms with van der Waals surface area (Å²) in [5.74, 6) is 0.609. The normalized spacial score (nSPS) is 15.4. The molecule has 3 rings (SSSR count). The van der Waals surface area contributed by atoms with Gasteiger partial charge in [-0.25, -0.2) is 4.68 Å². The predicted molar refractivity (Wildman–Crippen MR) is 65.6 cm³/mol. The quantitative estimate of drug-likeness (QED) is 0.789. The topological polar surface area (TPSA) is 17.8 Å². The third-order valence-corrected chi connectivity index (χ3v) is 3.24. The van der Waals surface area contributed by atoms with Crippen LogP contribution in [0.4, 0.5) is 0 Å². The minimum absolute atomic E-state index is 0.609. The van der Waals surface area contributed by atoms with Gasteiger partial charge < -0.3 is 0 Å². The highest BCUT2D eigenvalue weighted by Gasteiger charge is 2.27. The van der Waals surface area contributed by atoms with Gasteiger partial charge in [0, 0.05) is 10.9 Å². The van der Waals surface area contributed by atoms with Gasteiger partial charge in [-0.15, -0.1) is 0 Å². The van der Waals surface area contributed by atoms with E-state index < -0.39 is 0 Å². The molecule has 2 nitrogen and oxygen atoms in total. The number of hydrogen-bond donors (Lipinski definition) is 0. The van der Waals surface area contributed by atoms with Crippen LogP contribution in [-0.2, 0) is 0 Å². The summed E-state index contributed by atoms with van der Waals surface area (Å²) in [5.41, 5.74) is 1.99. The summed E-state index contributed by atoms with van der Waals surface area (Å²) in [4.78, 5) is 0. The largest absolute Gasteiger partial charge is 0.222 e. The molecule has 0 aliphatic heterocycles. The number of rotatable bonds is 2. The van der Waals surface area contributed by atoms with Crippen molar-refractivity contribution in [3.05, 3.63) is 46.2 Å². The minimum Gasteiger partial charge on any atom is -0.222 e. The lowest BCUT2D eigenvalue weighted by atomic mass is 10.3. The van der Waals surface area contributed by atoms with Gasteiger partial charge in [0.1, 0.15) is 5.15 Å². The molecule has 0 unspecified atom stereocenters. The number of halogens is 2. The SMILES string of the molecule is Clc1cccc(-n2nc(C3CC3)cc2Cl)c1. The van der Waals surface area contributed by atoms with Gasteiger partial charge in [0.05, 0.1) is 11.4 Å². The molecule has 1 aromatic heterocycles. The Bertz CT molecular complexity index is 530. The number of nitrogens with zero attached hydrogens (tertiary/aromatic N) is 2. The first kappa shape index (κ1) is 10.2. The van der Waals surface area contributed by atoms with Crippen molar-refractivity contribution in [3.63, 3.8) is 0 Å². The summed E-state index contributed by atoms with van der Waals surface area (Å²) < 4.78 is 1.74. The van der Waals surface area contributed by atoms with Gasteiger partial charge in [-0.05, 0) is 37.1 Å². The molecule has 0 atom stereocenters. The molecule has 1 heterocycles. The molecule has 1 aliphatic rings. The van der Waals surface area contributed by atoms with Crippen molar-refractivity contribution in [3.8, 4) is 5.69 Å². The average molecular weight is 253 g/mol. The molecule has 0 spiro atoms. The Morgan fingerprint density at radius 1 is 1.19 bits per heavy atom. The lowest BCUT2D eigenvalue weighted by Gasteiger charge is -2.02. The van der Waals surface area contributed by atoms with Crippen LogP contribution < -0.4 is 0 Å².